The number of Topliss-reactive ketones (excluding diaryl/α,β-unsaturated/α-hetero) is 1. The number of nitrogens with two attached hydrogens (primary N) is 1. The van der Waals surface area contributed by atoms with Crippen molar-refractivity contribution in [2.75, 3.05) is 11.1 Å². The third-order valence-corrected chi connectivity index (χ3v) is 4.26. The molecule has 1 amide bonds. The molecule has 0 atom stereocenters. The van der Waals surface area contributed by atoms with Gasteiger partial charge in [0.1, 0.15) is 0 Å². The summed E-state index contributed by atoms with van der Waals surface area (Å²) in [5, 5.41) is 3.08. The largest absolute Gasteiger partial charge is 0.397 e. The monoisotopic (exact) mass is 379 g/mol. The Balaban J connectivity index is 1.73. The molecule has 0 aliphatic heterocycles. The number of rotatable bonds is 5. The van der Waals surface area contributed by atoms with E-state index in [9.17, 15) is 9.59 Å². The van der Waals surface area contributed by atoms with E-state index in [4.69, 9.17) is 17.3 Å². The van der Waals surface area contributed by atoms with Crippen LogP contribution in [0.25, 0.3) is 11.1 Å². The van der Waals surface area contributed by atoms with E-state index < -0.39 is 5.91 Å². The first-order valence-corrected chi connectivity index (χ1v) is 8.71. The number of aromatic nitrogens is 1. The minimum absolute atomic E-state index is 0.277. The maximum atomic E-state index is 12.5. The van der Waals surface area contributed by atoms with Gasteiger partial charge in [0.25, 0.3) is 0 Å². The number of ketones is 1. The van der Waals surface area contributed by atoms with Crippen LogP contribution >= 0.6 is 11.6 Å². The zero-order chi connectivity index (χ0) is 19.4. The quantitative estimate of drug-likeness (QED) is 0.388. The molecule has 136 valence electrons. The van der Waals surface area contributed by atoms with Crippen molar-refractivity contribution in [3.63, 3.8) is 0 Å². The number of benzene rings is 2. The lowest BCUT2D eigenvalue weighted by Gasteiger charge is -2.09. The van der Waals surface area contributed by atoms with E-state index >= 15 is 0 Å². The first kappa shape index (κ1) is 18.6. The van der Waals surface area contributed by atoms with E-state index in [0.29, 0.717) is 22.0 Å². The van der Waals surface area contributed by atoms with Gasteiger partial charge in [0, 0.05) is 22.5 Å². The highest BCUT2D eigenvalue weighted by Gasteiger charge is 2.14. The number of nitrogens with one attached hydrogen (secondary N) is 1. The molecule has 0 aliphatic carbocycles. The van der Waals surface area contributed by atoms with Crippen molar-refractivity contribution in [3.05, 3.63) is 77.1 Å². The molecule has 3 aromatic rings. The Morgan fingerprint density at radius 3 is 2.63 bits per heavy atom. The summed E-state index contributed by atoms with van der Waals surface area (Å²) < 4.78 is 0. The molecule has 0 aliphatic rings. The number of aryl methyl sites for hydroxylation is 1. The van der Waals surface area contributed by atoms with Crippen molar-refractivity contribution in [3.8, 4) is 11.1 Å². The number of nitrogens with zero attached hydrogens (tertiary/aromatic N) is 1. The number of hydrogen-bond donors (Lipinski definition) is 2. The second-order valence-electron chi connectivity index (χ2n) is 6.15. The van der Waals surface area contributed by atoms with Crippen LogP contribution < -0.4 is 11.1 Å². The lowest BCUT2D eigenvalue weighted by Crippen LogP contribution is -2.17. The zero-order valence-corrected chi connectivity index (χ0v) is 15.5. The van der Waals surface area contributed by atoms with Crippen LogP contribution in [-0.2, 0) is 4.79 Å². The summed E-state index contributed by atoms with van der Waals surface area (Å²) in [5.41, 5.74) is 9.81. The molecule has 3 rings (SSSR count). The second kappa shape index (κ2) is 8.01. The predicted octanol–water partition coefficient (Wildman–Crippen LogP) is 4.50. The molecule has 0 bridgehead atoms. The van der Waals surface area contributed by atoms with Crippen LogP contribution in [0.15, 0.2) is 60.8 Å². The van der Waals surface area contributed by atoms with Crippen molar-refractivity contribution in [1.82, 2.24) is 4.98 Å². The molecule has 0 saturated heterocycles. The highest BCUT2D eigenvalue weighted by Crippen LogP contribution is 2.24. The number of carbonyl (C=O) groups is 2. The number of hydrogen-bond acceptors (Lipinski definition) is 4. The summed E-state index contributed by atoms with van der Waals surface area (Å²) >= 11 is 5.91. The molecule has 0 fully saturated rings. The van der Waals surface area contributed by atoms with Crippen LogP contribution in [0.4, 0.5) is 11.4 Å². The molecule has 0 saturated carbocycles. The fourth-order valence-corrected chi connectivity index (χ4v) is 2.85. The zero-order valence-electron chi connectivity index (χ0n) is 14.7. The minimum atomic E-state index is -0.445. The fourth-order valence-electron chi connectivity index (χ4n) is 2.68. The molecular weight excluding hydrogens is 362 g/mol. The van der Waals surface area contributed by atoms with Crippen LogP contribution in [0, 0.1) is 6.92 Å². The Hall–Kier alpha value is -3.18. The highest BCUT2D eigenvalue weighted by molar-refractivity contribution is 6.31. The number of pyridine rings is 1. The normalized spacial score (nSPS) is 10.4. The molecule has 0 radical (unpaired) electrons. The topological polar surface area (TPSA) is 85.1 Å². The molecule has 27 heavy (non-hydrogen) atoms. The Bertz CT molecular complexity index is 1020. The van der Waals surface area contributed by atoms with Gasteiger partial charge in [-0.2, -0.15) is 0 Å². The van der Waals surface area contributed by atoms with Gasteiger partial charge in [-0.05, 0) is 54.4 Å². The lowest BCUT2D eigenvalue weighted by molar-refractivity contribution is -0.115. The number of anilines is 2. The van der Waals surface area contributed by atoms with E-state index in [2.05, 4.69) is 10.3 Å². The molecule has 5 nitrogen and oxygen atoms in total. The van der Waals surface area contributed by atoms with Crippen molar-refractivity contribution in [2.45, 2.75) is 13.3 Å². The Labute approximate surface area is 162 Å². The van der Waals surface area contributed by atoms with Crippen molar-refractivity contribution < 1.29 is 9.59 Å². The van der Waals surface area contributed by atoms with Crippen LogP contribution in [0.2, 0.25) is 5.02 Å². The summed E-state index contributed by atoms with van der Waals surface area (Å²) in [6.07, 6.45) is 1.44. The van der Waals surface area contributed by atoms with Crippen LogP contribution in [0.5, 0.6) is 0 Å². The van der Waals surface area contributed by atoms with Gasteiger partial charge in [-0.3, -0.25) is 14.6 Å². The summed E-state index contributed by atoms with van der Waals surface area (Å²) in [6, 6.07) is 15.8. The van der Waals surface area contributed by atoms with E-state index in [1.54, 1.807) is 42.6 Å². The van der Waals surface area contributed by atoms with Gasteiger partial charge in [-0.1, -0.05) is 29.8 Å². The third-order valence-electron chi connectivity index (χ3n) is 4.03. The van der Waals surface area contributed by atoms with Gasteiger partial charge < -0.3 is 11.1 Å². The number of carbonyl (C=O) groups excluding carboxylic acids is 2. The van der Waals surface area contributed by atoms with E-state index in [0.717, 1.165) is 16.8 Å². The SMILES string of the molecule is Cc1cc(-c2cccc(C(=O)CC(=O)Nc3cc(Cl)ccc3N)c2)ccn1. The summed E-state index contributed by atoms with van der Waals surface area (Å²) in [5.74, 6) is -0.722. The van der Waals surface area contributed by atoms with Crippen molar-refractivity contribution in [1.29, 1.82) is 0 Å². The van der Waals surface area contributed by atoms with Crippen molar-refractivity contribution >= 4 is 34.7 Å². The number of amides is 1. The van der Waals surface area contributed by atoms with E-state index in [-0.39, 0.29) is 12.2 Å². The summed E-state index contributed by atoms with van der Waals surface area (Å²) in [6.45, 7) is 1.91. The van der Waals surface area contributed by atoms with Crippen LogP contribution in [0.1, 0.15) is 22.5 Å². The molecule has 6 heteroatoms. The first-order valence-electron chi connectivity index (χ1n) is 8.33. The molecular formula is C21H18ClN3O2. The predicted molar refractivity (Wildman–Crippen MR) is 108 cm³/mol. The molecule has 1 heterocycles. The standard InChI is InChI=1S/C21H18ClN3O2/c1-13-9-15(7-8-24-13)14-3-2-4-16(10-14)20(26)12-21(27)25-19-11-17(22)5-6-18(19)23/h2-11H,12,23H2,1H3,(H,25,27). The van der Waals surface area contributed by atoms with Gasteiger partial charge in [0.05, 0.1) is 17.8 Å². The maximum Gasteiger partial charge on any atom is 0.232 e. The molecule has 2 aromatic carbocycles. The number of halogens is 1. The third kappa shape index (κ3) is 4.71. The summed E-state index contributed by atoms with van der Waals surface area (Å²) in [7, 11) is 0. The minimum Gasteiger partial charge on any atom is -0.397 e. The van der Waals surface area contributed by atoms with Gasteiger partial charge in [-0.15, -0.1) is 0 Å². The van der Waals surface area contributed by atoms with Crippen LogP contribution in [-0.4, -0.2) is 16.7 Å². The Morgan fingerprint density at radius 1 is 1.07 bits per heavy atom. The van der Waals surface area contributed by atoms with Crippen LogP contribution in [0.3, 0.4) is 0 Å². The van der Waals surface area contributed by atoms with Gasteiger partial charge >= 0.3 is 0 Å². The molecule has 0 unspecified atom stereocenters. The molecule has 0 spiro atoms. The number of nitrogen functional groups attached to an aromatic ring is 1. The maximum absolute atomic E-state index is 12.5. The van der Waals surface area contributed by atoms with Gasteiger partial charge in [0.15, 0.2) is 5.78 Å². The fraction of sp³-hybridized carbons (Fsp3) is 0.0952. The smallest absolute Gasteiger partial charge is 0.232 e. The van der Waals surface area contributed by atoms with Gasteiger partial charge in [-0.25, -0.2) is 0 Å². The molecule has 3 N–H and O–H groups in total. The lowest BCUT2D eigenvalue weighted by atomic mass is 10.0. The molecule has 1 aromatic heterocycles. The van der Waals surface area contributed by atoms with Gasteiger partial charge in [0.2, 0.25) is 5.91 Å². The second-order valence-corrected chi connectivity index (χ2v) is 6.58. The highest BCUT2D eigenvalue weighted by atomic mass is 35.5. The van der Waals surface area contributed by atoms with E-state index in [1.165, 1.54) is 0 Å². The Kier molecular flexibility index (Phi) is 5.52. The first-order chi connectivity index (χ1) is 12.9. The summed E-state index contributed by atoms with van der Waals surface area (Å²) in [4.78, 5) is 28.9. The average molecular weight is 380 g/mol. The van der Waals surface area contributed by atoms with Crippen molar-refractivity contribution in [2.24, 2.45) is 0 Å². The average Bonchev–Trinajstić information content (AvgIpc) is 2.65. The Morgan fingerprint density at radius 2 is 1.85 bits per heavy atom. The van der Waals surface area contributed by atoms with E-state index in [1.807, 2.05) is 25.1 Å².